The second kappa shape index (κ2) is 3.85. The number of ether oxygens (including phenoxy) is 1. The molecule has 1 aromatic rings. The molecule has 0 saturated carbocycles. The highest BCUT2D eigenvalue weighted by atomic mass is 19.4. The maximum absolute atomic E-state index is 12.1. The van der Waals surface area contributed by atoms with E-state index in [9.17, 15) is 13.2 Å². The van der Waals surface area contributed by atoms with Crippen molar-refractivity contribution in [2.75, 3.05) is 0 Å². The third-order valence-corrected chi connectivity index (χ3v) is 2.16. The van der Waals surface area contributed by atoms with E-state index in [1.165, 1.54) is 13.8 Å². The molecule has 0 radical (unpaired) electrons. The summed E-state index contributed by atoms with van der Waals surface area (Å²) < 4.78 is 40.5. The van der Waals surface area contributed by atoms with Crippen molar-refractivity contribution >= 4 is 0 Å². The van der Waals surface area contributed by atoms with E-state index in [1.807, 2.05) is 0 Å². The van der Waals surface area contributed by atoms with Crippen LogP contribution in [0, 0.1) is 6.92 Å². The average molecular weight is 218 g/mol. The van der Waals surface area contributed by atoms with Crippen LogP contribution < -0.4 is 0 Å². The molecule has 0 N–H and O–H groups in total. The zero-order valence-electron chi connectivity index (χ0n) is 8.85. The zero-order chi connectivity index (χ0) is 11.7. The summed E-state index contributed by atoms with van der Waals surface area (Å²) in [6, 6.07) is 6.88. The second-order valence-electron chi connectivity index (χ2n) is 3.87. The summed E-state index contributed by atoms with van der Waals surface area (Å²) in [7, 11) is 0. The fourth-order valence-electron chi connectivity index (χ4n) is 1.59. The van der Waals surface area contributed by atoms with Crippen LogP contribution in [0.3, 0.4) is 0 Å². The van der Waals surface area contributed by atoms with Gasteiger partial charge >= 0.3 is 6.36 Å². The van der Waals surface area contributed by atoms with Crippen LogP contribution in [0.2, 0.25) is 0 Å². The summed E-state index contributed by atoms with van der Waals surface area (Å²) in [5.74, 6) is 0. The Bertz CT molecular complexity index is 342. The second-order valence-corrected chi connectivity index (χ2v) is 3.87. The quantitative estimate of drug-likeness (QED) is 0.734. The number of rotatable bonds is 2. The monoisotopic (exact) mass is 218 g/mol. The Morgan fingerprint density at radius 2 is 1.60 bits per heavy atom. The molecule has 0 aromatic heterocycles. The molecule has 1 aromatic carbocycles. The van der Waals surface area contributed by atoms with Crippen molar-refractivity contribution in [3.8, 4) is 0 Å². The van der Waals surface area contributed by atoms with Crippen LogP contribution in [0.1, 0.15) is 25.0 Å². The molecule has 15 heavy (non-hydrogen) atoms. The molecule has 0 aliphatic heterocycles. The SMILES string of the molecule is Cc1ccccc1C(C)(C)OC(F)(F)F. The van der Waals surface area contributed by atoms with Gasteiger partial charge in [-0.25, -0.2) is 0 Å². The molecule has 0 saturated heterocycles. The molecule has 0 spiro atoms. The van der Waals surface area contributed by atoms with Gasteiger partial charge in [0.15, 0.2) is 0 Å². The van der Waals surface area contributed by atoms with E-state index >= 15 is 0 Å². The van der Waals surface area contributed by atoms with Gasteiger partial charge in [0.25, 0.3) is 0 Å². The van der Waals surface area contributed by atoms with Gasteiger partial charge < -0.3 is 0 Å². The first-order valence-corrected chi connectivity index (χ1v) is 4.55. The molecule has 0 heterocycles. The Balaban J connectivity index is 3.01. The van der Waals surface area contributed by atoms with Crippen molar-refractivity contribution in [1.82, 2.24) is 0 Å². The minimum absolute atomic E-state index is 0.544. The van der Waals surface area contributed by atoms with Gasteiger partial charge in [0, 0.05) is 0 Å². The van der Waals surface area contributed by atoms with E-state index in [0.717, 1.165) is 5.56 Å². The predicted octanol–water partition coefficient (Wildman–Crippen LogP) is 3.77. The maximum atomic E-state index is 12.1. The van der Waals surface area contributed by atoms with Crippen LogP contribution in [0.4, 0.5) is 13.2 Å². The van der Waals surface area contributed by atoms with Crippen molar-refractivity contribution in [2.45, 2.75) is 32.7 Å². The third kappa shape index (κ3) is 3.23. The van der Waals surface area contributed by atoms with E-state index in [1.54, 1.807) is 31.2 Å². The summed E-state index contributed by atoms with van der Waals surface area (Å²) >= 11 is 0. The number of alkyl halides is 3. The molecule has 1 nitrogen and oxygen atoms in total. The molecule has 0 unspecified atom stereocenters. The fourth-order valence-corrected chi connectivity index (χ4v) is 1.59. The van der Waals surface area contributed by atoms with Gasteiger partial charge in [-0.2, -0.15) is 0 Å². The maximum Gasteiger partial charge on any atom is 0.523 e. The Morgan fingerprint density at radius 1 is 1.07 bits per heavy atom. The summed E-state index contributed by atoms with van der Waals surface area (Å²) in [5, 5.41) is 0. The zero-order valence-corrected chi connectivity index (χ0v) is 8.85. The van der Waals surface area contributed by atoms with Gasteiger partial charge in [0.2, 0.25) is 0 Å². The lowest BCUT2D eigenvalue weighted by molar-refractivity contribution is -0.364. The number of benzene rings is 1. The lowest BCUT2D eigenvalue weighted by Crippen LogP contribution is -2.30. The average Bonchev–Trinajstić information content (AvgIpc) is 1.99. The summed E-state index contributed by atoms with van der Waals surface area (Å²) in [4.78, 5) is 0. The van der Waals surface area contributed by atoms with E-state index in [4.69, 9.17) is 0 Å². The Hall–Kier alpha value is -1.03. The molecule has 0 aliphatic carbocycles. The lowest BCUT2D eigenvalue weighted by Gasteiger charge is -2.28. The highest BCUT2D eigenvalue weighted by Gasteiger charge is 2.39. The van der Waals surface area contributed by atoms with Crippen molar-refractivity contribution in [3.05, 3.63) is 35.4 Å². The van der Waals surface area contributed by atoms with Gasteiger partial charge in [-0.05, 0) is 31.9 Å². The molecule has 1 rings (SSSR count). The largest absolute Gasteiger partial charge is 0.523 e. The molecule has 84 valence electrons. The van der Waals surface area contributed by atoms with Gasteiger partial charge in [-0.15, -0.1) is 13.2 Å². The van der Waals surface area contributed by atoms with Crippen LogP contribution in [0.15, 0.2) is 24.3 Å². The van der Waals surface area contributed by atoms with Crippen molar-refractivity contribution in [1.29, 1.82) is 0 Å². The predicted molar refractivity (Wildman–Crippen MR) is 51.3 cm³/mol. The van der Waals surface area contributed by atoms with E-state index in [2.05, 4.69) is 4.74 Å². The van der Waals surface area contributed by atoms with E-state index < -0.39 is 12.0 Å². The minimum atomic E-state index is -4.62. The first-order valence-electron chi connectivity index (χ1n) is 4.55. The lowest BCUT2D eigenvalue weighted by atomic mass is 9.94. The van der Waals surface area contributed by atoms with Crippen LogP contribution >= 0.6 is 0 Å². The molecule has 0 atom stereocenters. The van der Waals surface area contributed by atoms with Crippen LogP contribution in [-0.2, 0) is 10.3 Å². The highest BCUT2D eigenvalue weighted by Crippen LogP contribution is 2.34. The first-order chi connectivity index (χ1) is 6.72. The topological polar surface area (TPSA) is 9.23 Å². The van der Waals surface area contributed by atoms with Gasteiger partial charge in [0.1, 0.15) is 0 Å². The standard InChI is InChI=1S/C11H13F3O/c1-8-6-4-5-7-9(8)10(2,3)15-11(12,13)14/h4-7H,1-3H3. The number of halogens is 3. The van der Waals surface area contributed by atoms with E-state index in [-0.39, 0.29) is 0 Å². The van der Waals surface area contributed by atoms with Crippen LogP contribution in [-0.4, -0.2) is 6.36 Å². The molecular formula is C11H13F3O. The van der Waals surface area contributed by atoms with Crippen LogP contribution in [0.5, 0.6) is 0 Å². The number of aryl methyl sites for hydroxylation is 1. The molecule has 0 bridgehead atoms. The third-order valence-electron chi connectivity index (χ3n) is 2.16. The summed E-state index contributed by atoms with van der Waals surface area (Å²) in [6.45, 7) is 4.57. The molecule has 4 heteroatoms. The molecule has 0 amide bonds. The smallest absolute Gasteiger partial charge is 0.281 e. The van der Waals surface area contributed by atoms with Gasteiger partial charge in [0.05, 0.1) is 5.60 Å². The summed E-state index contributed by atoms with van der Waals surface area (Å²) in [5.41, 5.74) is -0.0297. The fraction of sp³-hybridized carbons (Fsp3) is 0.455. The molecule has 0 aliphatic rings. The Labute approximate surface area is 86.9 Å². The van der Waals surface area contributed by atoms with Crippen LogP contribution in [0.25, 0.3) is 0 Å². The highest BCUT2D eigenvalue weighted by molar-refractivity contribution is 5.30. The Kier molecular flexibility index (Phi) is 3.09. The van der Waals surface area contributed by atoms with Crippen molar-refractivity contribution in [2.24, 2.45) is 0 Å². The summed E-state index contributed by atoms with van der Waals surface area (Å²) in [6.07, 6.45) is -4.62. The molecular weight excluding hydrogens is 205 g/mol. The molecule has 0 fully saturated rings. The first kappa shape index (κ1) is 12.0. The number of hydrogen-bond acceptors (Lipinski definition) is 1. The minimum Gasteiger partial charge on any atom is -0.281 e. The van der Waals surface area contributed by atoms with Gasteiger partial charge in [-0.3, -0.25) is 4.74 Å². The van der Waals surface area contributed by atoms with E-state index in [0.29, 0.717) is 5.56 Å². The Morgan fingerprint density at radius 3 is 2.07 bits per heavy atom. The van der Waals surface area contributed by atoms with Gasteiger partial charge in [-0.1, -0.05) is 24.3 Å². The normalized spacial score (nSPS) is 12.9. The number of hydrogen-bond donors (Lipinski definition) is 0. The van der Waals surface area contributed by atoms with Crippen molar-refractivity contribution < 1.29 is 17.9 Å². The van der Waals surface area contributed by atoms with Crippen molar-refractivity contribution in [3.63, 3.8) is 0 Å².